The molecule has 2 rings (SSSR count). The van der Waals surface area contributed by atoms with Crippen LogP contribution < -0.4 is 5.32 Å². The second-order valence-corrected chi connectivity index (χ2v) is 6.18. The molecule has 0 bridgehead atoms. The van der Waals surface area contributed by atoms with Crippen LogP contribution in [-0.4, -0.2) is 22.9 Å². The SMILES string of the molecule is CCCCN1C(=O)C(C)(CC)NC1c1ccc(CC)cc1. The Balaban J connectivity index is 2.27. The molecule has 2 atom stereocenters. The minimum absolute atomic E-state index is 0.0138. The van der Waals surface area contributed by atoms with Crippen LogP contribution in [0.5, 0.6) is 0 Å². The Labute approximate surface area is 128 Å². The highest BCUT2D eigenvalue weighted by Crippen LogP contribution is 2.32. The third-order valence-corrected chi connectivity index (χ3v) is 4.66. The fourth-order valence-electron chi connectivity index (χ4n) is 2.89. The average Bonchev–Trinajstić information content (AvgIpc) is 2.78. The highest BCUT2D eigenvalue weighted by atomic mass is 16.2. The molecule has 1 heterocycles. The quantitative estimate of drug-likeness (QED) is 0.866. The molecule has 2 unspecified atom stereocenters. The number of benzene rings is 1. The van der Waals surface area contributed by atoms with E-state index in [9.17, 15) is 4.79 Å². The van der Waals surface area contributed by atoms with Crippen molar-refractivity contribution in [1.29, 1.82) is 0 Å². The van der Waals surface area contributed by atoms with Gasteiger partial charge >= 0.3 is 0 Å². The number of unbranched alkanes of at least 4 members (excludes halogenated alkanes) is 1. The van der Waals surface area contributed by atoms with E-state index in [1.54, 1.807) is 0 Å². The molecule has 1 saturated heterocycles. The van der Waals surface area contributed by atoms with Crippen molar-refractivity contribution in [3.63, 3.8) is 0 Å². The molecule has 0 spiro atoms. The van der Waals surface area contributed by atoms with E-state index in [-0.39, 0.29) is 12.1 Å². The van der Waals surface area contributed by atoms with E-state index in [2.05, 4.69) is 50.4 Å². The van der Waals surface area contributed by atoms with E-state index in [1.807, 2.05) is 11.8 Å². The molecule has 0 radical (unpaired) electrons. The summed E-state index contributed by atoms with van der Waals surface area (Å²) < 4.78 is 0. The molecule has 3 nitrogen and oxygen atoms in total. The Kier molecular flexibility index (Phi) is 5.04. The molecule has 0 saturated carbocycles. The van der Waals surface area contributed by atoms with Crippen molar-refractivity contribution in [3.05, 3.63) is 35.4 Å². The lowest BCUT2D eigenvalue weighted by atomic mass is 9.99. The molecule has 1 N–H and O–H groups in total. The van der Waals surface area contributed by atoms with Crippen LogP contribution in [0.15, 0.2) is 24.3 Å². The Bertz CT molecular complexity index is 482. The van der Waals surface area contributed by atoms with Gasteiger partial charge in [-0.2, -0.15) is 0 Å². The zero-order valence-corrected chi connectivity index (χ0v) is 13.8. The fourth-order valence-corrected chi connectivity index (χ4v) is 2.89. The lowest BCUT2D eigenvalue weighted by Crippen LogP contribution is -2.43. The molecule has 116 valence electrons. The van der Waals surface area contributed by atoms with Crippen LogP contribution in [0.4, 0.5) is 0 Å². The average molecular weight is 288 g/mol. The highest BCUT2D eigenvalue weighted by molar-refractivity contribution is 5.88. The van der Waals surface area contributed by atoms with Gasteiger partial charge < -0.3 is 4.90 Å². The van der Waals surface area contributed by atoms with Crippen LogP contribution in [0.1, 0.15) is 64.3 Å². The summed E-state index contributed by atoms with van der Waals surface area (Å²) >= 11 is 0. The van der Waals surface area contributed by atoms with Gasteiger partial charge in [-0.1, -0.05) is 51.5 Å². The van der Waals surface area contributed by atoms with Crippen molar-refractivity contribution in [2.45, 2.75) is 65.1 Å². The van der Waals surface area contributed by atoms with Crippen LogP contribution in [0.25, 0.3) is 0 Å². The summed E-state index contributed by atoms with van der Waals surface area (Å²) in [4.78, 5) is 14.8. The van der Waals surface area contributed by atoms with Crippen LogP contribution in [0.2, 0.25) is 0 Å². The molecular formula is C18H28N2O. The van der Waals surface area contributed by atoms with E-state index >= 15 is 0 Å². The van der Waals surface area contributed by atoms with E-state index in [0.29, 0.717) is 0 Å². The first-order valence-corrected chi connectivity index (χ1v) is 8.23. The Hall–Kier alpha value is -1.35. The van der Waals surface area contributed by atoms with Gasteiger partial charge in [0.2, 0.25) is 5.91 Å². The molecule has 1 fully saturated rings. The first-order valence-electron chi connectivity index (χ1n) is 8.23. The van der Waals surface area contributed by atoms with E-state index < -0.39 is 5.54 Å². The summed E-state index contributed by atoms with van der Waals surface area (Å²) in [5.41, 5.74) is 2.09. The van der Waals surface area contributed by atoms with Gasteiger partial charge in [-0.25, -0.2) is 0 Å². The molecule has 3 heteroatoms. The standard InChI is InChI=1S/C18H28N2O/c1-5-8-13-20-16(19-18(4,7-3)17(20)21)15-11-9-14(6-2)10-12-15/h9-12,16,19H,5-8,13H2,1-4H3. The second kappa shape index (κ2) is 6.61. The van der Waals surface area contributed by atoms with Crippen molar-refractivity contribution >= 4 is 5.91 Å². The maximum absolute atomic E-state index is 12.7. The fraction of sp³-hybridized carbons (Fsp3) is 0.611. The van der Waals surface area contributed by atoms with Gasteiger partial charge in [0.05, 0.1) is 5.54 Å². The van der Waals surface area contributed by atoms with Crippen LogP contribution in [0, 0.1) is 0 Å². The molecule has 1 aliphatic heterocycles. The van der Waals surface area contributed by atoms with E-state index in [0.717, 1.165) is 32.2 Å². The zero-order valence-electron chi connectivity index (χ0n) is 13.8. The van der Waals surface area contributed by atoms with Gasteiger partial charge in [-0.05, 0) is 37.3 Å². The van der Waals surface area contributed by atoms with Crippen LogP contribution in [0.3, 0.4) is 0 Å². The van der Waals surface area contributed by atoms with Crippen LogP contribution in [-0.2, 0) is 11.2 Å². The lowest BCUT2D eigenvalue weighted by molar-refractivity contribution is -0.133. The molecule has 0 aromatic heterocycles. The predicted molar refractivity (Wildman–Crippen MR) is 87.0 cm³/mol. The minimum Gasteiger partial charge on any atom is -0.321 e. The summed E-state index contributed by atoms with van der Waals surface area (Å²) in [6, 6.07) is 8.65. The highest BCUT2D eigenvalue weighted by Gasteiger charge is 2.46. The number of nitrogens with one attached hydrogen (secondary N) is 1. The van der Waals surface area contributed by atoms with Crippen molar-refractivity contribution in [1.82, 2.24) is 10.2 Å². The minimum atomic E-state index is -0.429. The van der Waals surface area contributed by atoms with E-state index in [1.165, 1.54) is 11.1 Å². The van der Waals surface area contributed by atoms with E-state index in [4.69, 9.17) is 0 Å². The first-order chi connectivity index (χ1) is 10.1. The van der Waals surface area contributed by atoms with Gasteiger partial charge in [0, 0.05) is 6.54 Å². The second-order valence-electron chi connectivity index (χ2n) is 6.18. The Morgan fingerprint density at radius 3 is 2.38 bits per heavy atom. The summed E-state index contributed by atoms with van der Waals surface area (Å²) in [5, 5.41) is 3.56. The predicted octanol–water partition coefficient (Wildman–Crippen LogP) is 3.65. The largest absolute Gasteiger partial charge is 0.321 e. The molecule has 1 aliphatic rings. The number of carbonyl (C=O) groups excluding carboxylic acids is 1. The number of rotatable bonds is 6. The molecule has 1 aromatic carbocycles. The molecular weight excluding hydrogens is 260 g/mol. The van der Waals surface area contributed by atoms with Crippen molar-refractivity contribution < 1.29 is 4.79 Å². The monoisotopic (exact) mass is 288 g/mol. The van der Waals surface area contributed by atoms with Gasteiger partial charge in [-0.3, -0.25) is 10.1 Å². The number of hydrogen-bond acceptors (Lipinski definition) is 2. The third kappa shape index (κ3) is 3.13. The van der Waals surface area contributed by atoms with Crippen LogP contribution >= 0.6 is 0 Å². The molecule has 1 amide bonds. The number of hydrogen-bond donors (Lipinski definition) is 1. The first kappa shape index (κ1) is 16.0. The van der Waals surface area contributed by atoms with Gasteiger partial charge in [0.15, 0.2) is 0 Å². The van der Waals surface area contributed by atoms with Gasteiger partial charge in [0.25, 0.3) is 0 Å². The van der Waals surface area contributed by atoms with Crippen molar-refractivity contribution in [2.24, 2.45) is 0 Å². The third-order valence-electron chi connectivity index (χ3n) is 4.66. The van der Waals surface area contributed by atoms with Crippen molar-refractivity contribution in [2.75, 3.05) is 6.54 Å². The smallest absolute Gasteiger partial charge is 0.244 e. The normalized spacial score (nSPS) is 25.6. The maximum atomic E-state index is 12.7. The molecule has 1 aromatic rings. The number of aryl methyl sites for hydroxylation is 1. The topological polar surface area (TPSA) is 32.3 Å². The lowest BCUT2D eigenvalue weighted by Gasteiger charge is -2.24. The van der Waals surface area contributed by atoms with Crippen molar-refractivity contribution in [3.8, 4) is 0 Å². The molecule has 0 aliphatic carbocycles. The summed E-state index contributed by atoms with van der Waals surface area (Å²) in [5.74, 6) is 0.239. The Morgan fingerprint density at radius 1 is 1.19 bits per heavy atom. The van der Waals surface area contributed by atoms with Gasteiger partial charge in [0.1, 0.15) is 6.17 Å². The molecule has 21 heavy (non-hydrogen) atoms. The summed E-state index contributed by atoms with van der Waals surface area (Å²) in [6.45, 7) is 9.25. The van der Waals surface area contributed by atoms with Gasteiger partial charge in [-0.15, -0.1) is 0 Å². The maximum Gasteiger partial charge on any atom is 0.244 e. The summed E-state index contributed by atoms with van der Waals surface area (Å²) in [7, 11) is 0. The zero-order chi connectivity index (χ0) is 15.5. The number of carbonyl (C=O) groups is 1. The summed E-state index contributed by atoms with van der Waals surface area (Å²) in [6.07, 6.45) is 4.03. The number of nitrogens with zero attached hydrogens (tertiary/aromatic N) is 1. The Morgan fingerprint density at radius 2 is 1.86 bits per heavy atom. The number of amides is 1.